The molecule has 0 unspecified atom stereocenters. The molecule has 0 aromatic heterocycles. The highest BCUT2D eigenvalue weighted by atomic mass is 19.4. The number of alkyl halides is 3. The minimum atomic E-state index is -4.83. The Kier molecular flexibility index (Phi) is 2.64. The molecule has 0 radical (unpaired) electrons. The van der Waals surface area contributed by atoms with Crippen LogP contribution in [0.3, 0.4) is 0 Å². The van der Waals surface area contributed by atoms with Crippen LogP contribution in [0, 0.1) is 0 Å². The van der Waals surface area contributed by atoms with Crippen LogP contribution >= 0.6 is 0 Å². The Bertz CT molecular complexity index is 346. The number of carboxylic acids is 1. The first-order valence-corrected chi connectivity index (χ1v) is 3.45. The summed E-state index contributed by atoms with van der Waals surface area (Å²) in [4.78, 5) is 10.3. The molecule has 0 N–H and O–H groups in total. The van der Waals surface area contributed by atoms with Crippen LogP contribution in [0.4, 0.5) is 13.2 Å². The lowest BCUT2D eigenvalue weighted by molar-refractivity contribution is -0.275. The molecule has 0 saturated heterocycles. The number of carbonyl (C=O) groups excluding carboxylic acids is 1. The second-order valence-electron chi connectivity index (χ2n) is 2.36. The summed E-state index contributed by atoms with van der Waals surface area (Å²) >= 11 is 0. The van der Waals surface area contributed by atoms with Crippen LogP contribution in [0.25, 0.3) is 0 Å². The molecule has 0 fully saturated rings. The summed E-state index contributed by atoms with van der Waals surface area (Å²) in [6, 6.07) is 3.98. The molecule has 6 heteroatoms. The van der Waals surface area contributed by atoms with Gasteiger partial charge >= 0.3 is 6.36 Å². The van der Waals surface area contributed by atoms with Crippen molar-refractivity contribution in [1.82, 2.24) is 0 Å². The highest BCUT2D eigenvalue weighted by Crippen LogP contribution is 2.22. The van der Waals surface area contributed by atoms with E-state index in [-0.39, 0.29) is 5.56 Å². The quantitative estimate of drug-likeness (QED) is 0.722. The van der Waals surface area contributed by atoms with Gasteiger partial charge in [0, 0.05) is 5.56 Å². The van der Waals surface area contributed by atoms with Gasteiger partial charge in [-0.25, -0.2) is 0 Å². The van der Waals surface area contributed by atoms with Gasteiger partial charge < -0.3 is 14.6 Å². The summed E-state index contributed by atoms with van der Waals surface area (Å²) in [5.41, 5.74) is -0.369. The standard InChI is InChI=1S/C8H5F3O3/c9-8(10,11)14-6-3-1-2-5(4-6)7(12)13/h1-4H,(H,12,13)/p-1. The number of rotatable bonds is 2. The van der Waals surface area contributed by atoms with Gasteiger partial charge in [-0.1, -0.05) is 12.1 Å². The van der Waals surface area contributed by atoms with Crippen molar-refractivity contribution in [2.24, 2.45) is 0 Å². The van der Waals surface area contributed by atoms with Crippen molar-refractivity contribution in [2.75, 3.05) is 0 Å². The second kappa shape index (κ2) is 3.57. The van der Waals surface area contributed by atoms with Crippen molar-refractivity contribution in [3.63, 3.8) is 0 Å². The van der Waals surface area contributed by atoms with Gasteiger partial charge in [0.15, 0.2) is 0 Å². The van der Waals surface area contributed by atoms with E-state index in [1.807, 2.05) is 0 Å². The van der Waals surface area contributed by atoms with Crippen LogP contribution in [0.2, 0.25) is 0 Å². The Labute approximate surface area is 76.7 Å². The van der Waals surface area contributed by atoms with E-state index in [0.717, 1.165) is 24.3 Å². The Balaban J connectivity index is 2.89. The van der Waals surface area contributed by atoms with E-state index >= 15 is 0 Å². The average molecular weight is 205 g/mol. The normalized spacial score (nSPS) is 11.1. The van der Waals surface area contributed by atoms with Gasteiger partial charge in [-0.05, 0) is 12.1 Å². The Morgan fingerprint density at radius 1 is 1.36 bits per heavy atom. The van der Waals surface area contributed by atoms with E-state index in [1.54, 1.807) is 0 Å². The van der Waals surface area contributed by atoms with Crippen molar-refractivity contribution in [1.29, 1.82) is 0 Å². The zero-order valence-corrected chi connectivity index (χ0v) is 6.67. The van der Waals surface area contributed by atoms with E-state index < -0.39 is 18.1 Å². The molecule has 0 spiro atoms. The maximum atomic E-state index is 11.7. The number of aromatic carboxylic acids is 1. The Morgan fingerprint density at radius 2 is 2.00 bits per heavy atom. The first-order valence-electron chi connectivity index (χ1n) is 3.45. The van der Waals surface area contributed by atoms with Crippen LogP contribution in [-0.2, 0) is 0 Å². The lowest BCUT2D eigenvalue weighted by atomic mass is 10.2. The van der Waals surface area contributed by atoms with E-state index in [2.05, 4.69) is 4.74 Å². The lowest BCUT2D eigenvalue weighted by Crippen LogP contribution is -2.22. The maximum Gasteiger partial charge on any atom is 0.573 e. The fourth-order valence-corrected chi connectivity index (χ4v) is 0.820. The molecule has 0 atom stereocenters. The number of carbonyl (C=O) groups is 1. The van der Waals surface area contributed by atoms with Crippen LogP contribution in [-0.4, -0.2) is 12.3 Å². The van der Waals surface area contributed by atoms with Gasteiger partial charge in [0.05, 0.1) is 5.97 Å². The third-order valence-electron chi connectivity index (χ3n) is 1.30. The zero-order valence-electron chi connectivity index (χ0n) is 6.67. The molecule has 0 amide bonds. The molecule has 0 aliphatic heterocycles. The number of ether oxygens (including phenoxy) is 1. The topological polar surface area (TPSA) is 49.4 Å². The summed E-state index contributed by atoms with van der Waals surface area (Å²) in [5.74, 6) is -2.14. The highest BCUT2D eigenvalue weighted by Gasteiger charge is 2.31. The highest BCUT2D eigenvalue weighted by molar-refractivity contribution is 5.86. The second-order valence-corrected chi connectivity index (χ2v) is 2.36. The zero-order chi connectivity index (χ0) is 10.8. The molecular weight excluding hydrogens is 201 g/mol. The van der Waals surface area contributed by atoms with E-state index in [4.69, 9.17) is 0 Å². The number of hydrogen-bond acceptors (Lipinski definition) is 3. The number of hydrogen-bond donors (Lipinski definition) is 0. The average Bonchev–Trinajstić information content (AvgIpc) is 2.01. The van der Waals surface area contributed by atoms with Gasteiger partial charge in [0.25, 0.3) is 0 Å². The molecule has 0 aliphatic rings. The molecule has 1 aromatic carbocycles. The number of halogens is 3. The monoisotopic (exact) mass is 205 g/mol. The van der Waals surface area contributed by atoms with Crippen LogP contribution in [0.5, 0.6) is 5.75 Å². The largest absolute Gasteiger partial charge is 0.573 e. The maximum absolute atomic E-state index is 11.7. The minimum absolute atomic E-state index is 0.369. The van der Waals surface area contributed by atoms with E-state index in [1.165, 1.54) is 0 Å². The van der Waals surface area contributed by atoms with Crippen molar-refractivity contribution >= 4 is 5.97 Å². The van der Waals surface area contributed by atoms with Gasteiger partial charge in [-0.2, -0.15) is 0 Å². The molecule has 0 aliphatic carbocycles. The number of carboxylic acid groups (broad SMARTS) is 1. The van der Waals surface area contributed by atoms with Crippen LogP contribution in [0.1, 0.15) is 10.4 Å². The van der Waals surface area contributed by atoms with Gasteiger partial charge in [-0.15, -0.1) is 13.2 Å². The molecule has 0 bridgehead atoms. The minimum Gasteiger partial charge on any atom is -0.545 e. The SMILES string of the molecule is O=C([O-])c1cccc(OC(F)(F)F)c1. The van der Waals surface area contributed by atoms with Crippen molar-refractivity contribution in [3.05, 3.63) is 29.8 Å². The molecule has 0 saturated carbocycles. The summed E-state index contributed by atoms with van der Waals surface area (Å²) in [7, 11) is 0. The number of benzene rings is 1. The van der Waals surface area contributed by atoms with Crippen molar-refractivity contribution in [2.45, 2.75) is 6.36 Å². The Morgan fingerprint density at radius 3 is 2.50 bits per heavy atom. The van der Waals surface area contributed by atoms with Crippen LogP contribution < -0.4 is 9.84 Å². The molecule has 76 valence electrons. The molecule has 14 heavy (non-hydrogen) atoms. The summed E-state index contributed by atoms with van der Waals surface area (Å²) in [5, 5.41) is 10.3. The first-order chi connectivity index (χ1) is 6.38. The van der Waals surface area contributed by atoms with Crippen molar-refractivity contribution in [3.8, 4) is 5.75 Å². The summed E-state index contributed by atoms with van der Waals surface area (Å²) in [6.45, 7) is 0. The van der Waals surface area contributed by atoms with Crippen LogP contribution in [0.15, 0.2) is 24.3 Å². The Hall–Kier alpha value is -1.72. The summed E-state index contributed by atoms with van der Waals surface area (Å²) in [6.07, 6.45) is -4.83. The molecule has 0 heterocycles. The lowest BCUT2D eigenvalue weighted by Gasteiger charge is -2.10. The van der Waals surface area contributed by atoms with Gasteiger partial charge in [0.1, 0.15) is 5.75 Å². The van der Waals surface area contributed by atoms with E-state index in [0.29, 0.717) is 0 Å². The predicted octanol–water partition coefficient (Wildman–Crippen LogP) is 0.949. The smallest absolute Gasteiger partial charge is 0.545 e. The van der Waals surface area contributed by atoms with Gasteiger partial charge in [0.2, 0.25) is 0 Å². The molecular formula is C8H4F3O3-. The fourth-order valence-electron chi connectivity index (χ4n) is 0.820. The van der Waals surface area contributed by atoms with Gasteiger partial charge in [-0.3, -0.25) is 0 Å². The van der Waals surface area contributed by atoms with Crippen molar-refractivity contribution < 1.29 is 27.8 Å². The first kappa shape index (κ1) is 10.4. The summed E-state index contributed by atoms with van der Waals surface area (Å²) < 4.78 is 38.6. The molecule has 1 aromatic rings. The third kappa shape index (κ3) is 2.96. The third-order valence-corrected chi connectivity index (χ3v) is 1.30. The predicted molar refractivity (Wildman–Crippen MR) is 37.5 cm³/mol. The fraction of sp³-hybridized carbons (Fsp3) is 0.125. The molecule has 3 nitrogen and oxygen atoms in total. The van der Waals surface area contributed by atoms with E-state index in [9.17, 15) is 23.1 Å². The molecule has 1 rings (SSSR count).